The van der Waals surface area contributed by atoms with Crippen LogP contribution in [0, 0.1) is 6.92 Å². The van der Waals surface area contributed by atoms with Crippen molar-refractivity contribution in [2.45, 2.75) is 32.4 Å². The third-order valence-corrected chi connectivity index (χ3v) is 3.55. The lowest BCUT2D eigenvalue weighted by atomic mass is 10.1. The first kappa shape index (κ1) is 13.4. The maximum absolute atomic E-state index is 5.70. The Labute approximate surface area is 110 Å². The number of nitrogens with zero attached hydrogens (tertiary/aromatic N) is 1. The molecular formula is C15H24N2O. The molecule has 0 radical (unpaired) electrons. The fraction of sp³-hybridized carbons (Fsp3) is 0.600. The fourth-order valence-corrected chi connectivity index (χ4v) is 2.65. The van der Waals surface area contributed by atoms with Crippen LogP contribution in [0.5, 0.6) is 0 Å². The highest BCUT2D eigenvalue weighted by Gasteiger charge is 2.18. The van der Waals surface area contributed by atoms with Crippen molar-refractivity contribution in [3.8, 4) is 0 Å². The Kier molecular flexibility index (Phi) is 4.61. The monoisotopic (exact) mass is 248 g/mol. The Bertz CT molecular complexity index is 386. The van der Waals surface area contributed by atoms with Gasteiger partial charge in [-0.25, -0.2) is 0 Å². The van der Waals surface area contributed by atoms with Crippen molar-refractivity contribution in [3.05, 3.63) is 29.3 Å². The number of nitrogens with one attached hydrogen (secondary N) is 1. The highest BCUT2D eigenvalue weighted by atomic mass is 16.5. The normalized spacial score (nSPS) is 19.2. The predicted octanol–water partition coefficient (Wildman–Crippen LogP) is 2.33. The third kappa shape index (κ3) is 3.24. The lowest BCUT2D eigenvalue weighted by molar-refractivity contribution is 0.116. The maximum atomic E-state index is 5.70. The molecule has 1 fully saturated rings. The van der Waals surface area contributed by atoms with Gasteiger partial charge in [0.1, 0.15) is 0 Å². The molecule has 1 heterocycles. The Morgan fingerprint density at radius 2 is 2.28 bits per heavy atom. The van der Waals surface area contributed by atoms with Crippen molar-refractivity contribution < 1.29 is 4.74 Å². The summed E-state index contributed by atoms with van der Waals surface area (Å²) in [5.41, 5.74) is 3.98. The van der Waals surface area contributed by atoms with E-state index in [1.54, 1.807) is 0 Å². The van der Waals surface area contributed by atoms with Crippen molar-refractivity contribution >= 4 is 5.69 Å². The summed E-state index contributed by atoms with van der Waals surface area (Å²) in [6, 6.07) is 6.68. The van der Waals surface area contributed by atoms with E-state index in [0.29, 0.717) is 6.10 Å². The third-order valence-electron chi connectivity index (χ3n) is 3.55. The lowest BCUT2D eigenvalue weighted by Crippen LogP contribution is -2.29. The molecule has 1 aliphatic heterocycles. The lowest BCUT2D eigenvalue weighted by Gasteiger charge is -2.24. The number of rotatable bonds is 5. The second kappa shape index (κ2) is 6.21. The van der Waals surface area contributed by atoms with Gasteiger partial charge in [0, 0.05) is 32.4 Å². The van der Waals surface area contributed by atoms with Gasteiger partial charge < -0.3 is 15.0 Å². The van der Waals surface area contributed by atoms with Crippen LogP contribution in [-0.4, -0.2) is 33.4 Å². The first-order valence-electron chi connectivity index (χ1n) is 6.77. The summed E-state index contributed by atoms with van der Waals surface area (Å²) in [7, 11) is 4.13. The Morgan fingerprint density at radius 3 is 2.89 bits per heavy atom. The van der Waals surface area contributed by atoms with E-state index in [9.17, 15) is 0 Å². The van der Waals surface area contributed by atoms with Crippen LogP contribution in [0.4, 0.5) is 5.69 Å². The summed E-state index contributed by atoms with van der Waals surface area (Å²) in [5.74, 6) is 0. The number of ether oxygens (including phenoxy) is 1. The largest absolute Gasteiger partial charge is 0.376 e. The second-order valence-electron chi connectivity index (χ2n) is 5.17. The predicted molar refractivity (Wildman–Crippen MR) is 76.2 cm³/mol. The summed E-state index contributed by atoms with van der Waals surface area (Å²) in [4.78, 5) is 2.31. The number of hydrogen-bond donors (Lipinski definition) is 1. The molecule has 3 nitrogen and oxygen atoms in total. The molecule has 0 spiro atoms. The molecule has 0 bridgehead atoms. The molecule has 1 unspecified atom stereocenters. The molecule has 1 aromatic rings. The zero-order chi connectivity index (χ0) is 13.0. The van der Waals surface area contributed by atoms with E-state index in [4.69, 9.17) is 4.74 Å². The zero-order valence-corrected chi connectivity index (χ0v) is 11.7. The molecule has 2 rings (SSSR count). The Balaban J connectivity index is 2.02. The molecule has 0 saturated carbocycles. The second-order valence-corrected chi connectivity index (χ2v) is 5.17. The van der Waals surface area contributed by atoms with Crippen LogP contribution in [0.3, 0.4) is 0 Å². The molecule has 0 aromatic heterocycles. The quantitative estimate of drug-likeness (QED) is 0.865. The molecule has 1 aliphatic rings. The molecule has 100 valence electrons. The SMILES string of the molecule is CNCc1ccc(N(C)CC2CCCO2)c(C)c1. The zero-order valence-electron chi connectivity index (χ0n) is 11.7. The summed E-state index contributed by atoms with van der Waals surface area (Å²) in [6.45, 7) is 5.03. The summed E-state index contributed by atoms with van der Waals surface area (Å²) >= 11 is 0. The molecule has 1 aromatic carbocycles. The van der Waals surface area contributed by atoms with Gasteiger partial charge in [-0.3, -0.25) is 0 Å². The van der Waals surface area contributed by atoms with Crippen LogP contribution >= 0.6 is 0 Å². The van der Waals surface area contributed by atoms with Crippen LogP contribution in [0.1, 0.15) is 24.0 Å². The van der Waals surface area contributed by atoms with E-state index in [1.807, 2.05) is 7.05 Å². The highest BCUT2D eigenvalue weighted by molar-refractivity contribution is 5.54. The molecule has 0 amide bonds. The smallest absolute Gasteiger partial charge is 0.0750 e. The minimum atomic E-state index is 0.409. The minimum Gasteiger partial charge on any atom is -0.376 e. The van der Waals surface area contributed by atoms with Gasteiger partial charge in [0.05, 0.1) is 6.10 Å². The van der Waals surface area contributed by atoms with Gasteiger partial charge in [0.15, 0.2) is 0 Å². The highest BCUT2D eigenvalue weighted by Crippen LogP contribution is 2.22. The topological polar surface area (TPSA) is 24.5 Å². The van der Waals surface area contributed by atoms with Crippen molar-refractivity contribution in [1.82, 2.24) is 5.32 Å². The van der Waals surface area contributed by atoms with Gasteiger partial charge in [-0.2, -0.15) is 0 Å². The average Bonchev–Trinajstić information content (AvgIpc) is 2.82. The Hall–Kier alpha value is -1.06. The van der Waals surface area contributed by atoms with E-state index >= 15 is 0 Å². The average molecular weight is 248 g/mol. The van der Waals surface area contributed by atoms with Gasteiger partial charge in [0.2, 0.25) is 0 Å². The summed E-state index contributed by atoms with van der Waals surface area (Å²) < 4.78 is 5.70. The molecule has 18 heavy (non-hydrogen) atoms. The van der Waals surface area contributed by atoms with Crippen molar-refractivity contribution in [2.75, 3.05) is 32.1 Å². The van der Waals surface area contributed by atoms with Crippen LogP contribution in [0.25, 0.3) is 0 Å². The maximum Gasteiger partial charge on any atom is 0.0750 e. The first-order valence-corrected chi connectivity index (χ1v) is 6.77. The molecular weight excluding hydrogens is 224 g/mol. The molecule has 3 heteroatoms. The van der Waals surface area contributed by atoms with Crippen LogP contribution in [0.2, 0.25) is 0 Å². The summed E-state index contributed by atoms with van der Waals surface area (Å²) in [6.07, 6.45) is 2.81. The van der Waals surface area contributed by atoms with Crippen molar-refractivity contribution in [3.63, 3.8) is 0 Å². The van der Waals surface area contributed by atoms with Crippen LogP contribution in [0.15, 0.2) is 18.2 Å². The van der Waals surface area contributed by atoms with E-state index in [2.05, 4.69) is 42.4 Å². The molecule has 1 N–H and O–H groups in total. The van der Waals surface area contributed by atoms with E-state index in [0.717, 1.165) is 19.7 Å². The van der Waals surface area contributed by atoms with E-state index < -0.39 is 0 Å². The molecule has 1 atom stereocenters. The number of likely N-dealkylation sites (N-methyl/N-ethyl adjacent to an activating group) is 1. The van der Waals surface area contributed by atoms with Gasteiger partial charge in [0.25, 0.3) is 0 Å². The molecule has 0 aliphatic carbocycles. The first-order chi connectivity index (χ1) is 8.70. The van der Waals surface area contributed by atoms with Crippen molar-refractivity contribution in [2.24, 2.45) is 0 Å². The van der Waals surface area contributed by atoms with Gasteiger partial charge in [-0.15, -0.1) is 0 Å². The van der Waals surface area contributed by atoms with Crippen LogP contribution in [-0.2, 0) is 11.3 Å². The molecule has 1 saturated heterocycles. The summed E-state index contributed by atoms with van der Waals surface area (Å²) in [5, 5.41) is 3.19. The van der Waals surface area contributed by atoms with E-state index in [-0.39, 0.29) is 0 Å². The number of benzene rings is 1. The number of aryl methyl sites for hydroxylation is 1. The van der Waals surface area contributed by atoms with Gasteiger partial charge in [-0.1, -0.05) is 12.1 Å². The standard InChI is InChI=1S/C15H24N2O/c1-12-9-13(10-16-2)6-7-15(12)17(3)11-14-5-4-8-18-14/h6-7,9,14,16H,4-5,8,10-11H2,1-3H3. The van der Waals surface area contributed by atoms with Gasteiger partial charge in [-0.05, 0) is 44.0 Å². The van der Waals surface area contributed by atoms with Gasteiger partial charge >= 0.3 is 0 Å². The van der Waals surface area contributed by atoms with E-state index in [1.165, 1.54) is 29.7 Å². The Morgan fingerprint density at radius 1 is 1.44 bits per heavy atom. The fourth-order valence-electron chi connectivity index (χ4n) is 2.65. The number of hydrogen-bond acceptors (Lipinski definition) is 3. The van der Waals surface area contributed by atoms with Crippen molar-refractivity contribution in [1.29, 1.82) is 0 Å². The minimum absolute atomic E-state index is 0.409. The number of anilines is 1. The van der Waals surface area contributed by atoms with Crippen LogP contribution < -0.4 is 10.2 Å².